The van der Waals surface area contributed by atoms with Gasteiger partial charge in [0.15, 0.2) is 0 Å². The molecule has 0 aliphatic rings. The summed E-state index contributed by atoms with van der Waals surface area (Å²) in [4.78, 5) is 2.28. The molecular weight excluding hydrogens is 605 g/mol. The number of nitrogens with one attached hydrogen (secondary N) is 1. The minimum atomic E-state index is -0.501. The van der Waals surface area contributed by atoms with Crippen LogP contribution < -0.4 is 5.32 Å². The van der Waals surface area contributed by atoms with Gasteiger partial charge in [-0.2, -0.15) is 0 Å². The average molecular weight is 649 g/mol. The van der Waals surface area contributed by atoms with Crippen LogP contribution >= 0.6 is 0 Å². The summed E-state index contributed by atoms with van der Waals surface area (Å²) >= 11 is 0. The number of nitrogens with zero attached hydrogens (tertiary/aromatic N) is 1. The molecule has 0 bridgehead atoms. The van der Waals surface area contributed by atoms with Gasteiger partial charge in [-0.3, -0.25) is 10.2 Å². The van der Waals surface area contributed by atoms with Crippen molar-refractivity contribution in [2.24, 2.45) is 0 Å². The molecular formula is C48H44N2. The van der Waals surface area contributed by atoms with Crippen molar-refractivity contribution in [3.8, 4) is 11.1 Å². The van der Waals surface area contributed by atoms with E-state index in [9.17, 15) is 0 Å². The normalized spacial score (nSPS) is 12.5. The van der Waals surface area contributed by atoms with Gasteiger partial charge in [-0.05, 0) is 71.1 Å². The molecule has 0 spiro atoms. The van der Waals surface area contributed by atoms with Crippen LogP contribution in [0.25, 0.3) is 11.1 Å². The van der Waals surface area contributed by atoms with Crippen LogP contribution in [-0.2, 0) is 11.1 Å². The molecule has 2 nitrogen and oxygen atoms in total. The van der Waals surface area contributed by atoms with E-state index in [4.69, 9.17) is 0 Å². The Balaban J connectivity index is 1.23. The zero-order chi connectivity index (χ0) is 34.4. The summed E-state index contributed by atoms with van der Waals surface area (Å²) in [6.07, 6.45) is 0. The van der Waals surface area contributed by atoms with Gasteiger partial charge in [0.2, 0.25) is 0 Å². The molecule has 0 saturated carbocycles. The summed E-state index contributed by atoms with van der Waals surface area (Å²) in [6.45, 7) is 2.25. The Morgan fingerprint density at radius 2 is 0.680 bits per heavy atom. The highest BCUT2D eigenvalue weighted by molar-refractivity contribution is 5.67. The molecule has 7 aromatic rings. The van der Waals surface area contributed by atoms with E-state index in [2.05, 4.69) is 231 Å². The van der Waals surface area contributed by atoms with Crippen molar-refractivity contribution in [3.05, 3.63) is 239 Å². The molecule has 246 valence electrons. The fourth-order valence-corrected chi connectivity index (χ4v) is 7.68. The quantitative estimate of drug-likeness (QED) is 0.111. The minimum absolute atomic E-state index is 0.0810. The minimum Gasteiger partial charge on any atom is -0.285 e. The number of hydrogen-bond acceptors (Lipinski definition) is 2. The Kier molecular flexibility index (Phi) is 9.58. The number of hydrogen-bond donors (Lipinski definition) is 1. The van der Waals surface area contributed by atoms with E-state index in [0.717, 1.165) is 0 Å². The molecule has 1 atom stereocenters. The summed E-state index contributed by atoms with van der Waals surface area (Å²) in [6, 6.07) is 72.4. The first-order chi connectivity index (χ1) is 24.5. The Hall–Kier alpha value is -5.54. The molecule has 0 amide bonds. The molecule has 0 heterocycles. The lowest BCUT2D eigenvalue weighted by molar-refractivity contribution is 0.137. The van der Waals surface area contributed by atoms with Crippen LogP contribution in [0.2, 0.25) is 0 Å². The Labute approximate surface area is 297 Å². The summed E-state index contributed by atoms with van der Waals surface area (Å²) in [5.41, 5.74) is 10.1. The van der Waals surface area contributed by atoms with Gasteiger partial charge in [-0.1, -0.05) is 200 Å². The molecule has 0 saturated heterocycles. The smallest absolute Gasteiger partial charge is 0.124 e. The van der Waals surface area contributed by atoms with Crippen molar-refractivity contribution < 1.29 is 0 Å². The van der Waals surface area contributed by atoms with Gasteiger partial charge in [-0.25, -0.2) is 0 Å². The predicted molar refractivity (Wildman–Crippen MR) is 209 cm³/mol. The van der Waals surface area contributed by atoms with E-state index in [1.807, 2.05) is 0 Å². The van der Waals surface area contributed by atoms with Crippen molar-refractivity contribution in [1.29, 1.82) is 0 Å². The second kappa shape index (κ2) is 14.5. The lowest BCUT2D eigenvalue weighted by Crippen LogP contribution is -2.54. The first kappa shape index (κ1) is 33.0. The van der Waals surface area contributed by atoms with Gasteiger partial charge >= 0.3 is 0 Å². The largest absolute Gasteiger partial charge is 0.285 e. The lowest BCUT2D eigenvalue weighted by atomic mass is 9.65. The van der Waals surface area contributed by atoms with Crippen LogP contribution in [0.5, 0.6) is 0 Å². The molecule has 0 aliphatic heterocycles. The summed E-state index contributed by atoms with van der Waals surface area (Å²) in [7, 11) is 4.29. The third kappa shape index (κ3) is 6.09. The van der Waals surface area contributed by atoms with E-state index in [1.165, 1.54) is 50.1 Å². The van der Waals surface area contributed by atoms with Gasteiger partial charge in [0.1, 0.15) is 5.66 Å². The van der Waals surface area contributed by atoms with Gasteiger partial charge < -0.3 is 0 Å². The Morgan fingerprint density at radius 3 is 1.02 bits per heavy atom. The molecule has 7 rings (SSSR count). The number of benzene rings is 7. The SMILES string of the molecule is CC(NC(c1ccccc1)(c1ccccc1)N(C)C)c1ccc(-c2ccc(C(c3ccccc3)(c3ccccc3)c3ccccc3)cc2)cc1. The van der Waals surface area contributed by atoms with Crippen LogP contribution in [0.1, 0.15) is 51.9 Å². The fraction of sp³-hybridized carbons (Fsp3) is 0.125. The van der Waals surface area contributed by atoms with Gasteiger partial charge in [0.25, 0.3) is 0 Å². The Morgan fingerprint density at radius 1 is 0.380 bits per heavy atom. The van der Waals surface area contributed by atoms with Crippen LogP contribution in [-0.4, -0.2) is 19.0 Å². The molecule has 0 fully saturated rings. The second-order valence-corrected chi connectivity index (χ2v) is 13.3. The van der Waals surface area contributed by atoms with E-state index in [0.29, 0.717) is 0 Å². The maximum Gasteiger partial charge on any atom is 0.124 e. The first-order valence-corrected chi connectivity index (χ1v) is 17.5. The van der Waals surface area contributed by atoms with Gasteiger partial charge in [0, 0.05) is 6.04 Å². The van der Waals surface area contributed by atoms with Crippen molar-refractivity contribution in [2.45, 2.75) is 24.0 Å². The third-order valence-electron chi connectivity index (χ3n) is 10.2. The van der Waals surface area contributed by atoms with Crippen molar-refractivity contribution in [1.82, 2.24) is 10.2 Å². The summed E-state index contributed by atoms with van der Waals surface area (Å²) in [5, 5.41) is 4.03. The maximum absolute atomic E-state index is 4.03. The molecule has 2 heteroatoms. The van der Waals surface area contributed by atoms with Gasteiger partial charge in [-0.15, -0.1) is 0 Å². The van der Waals surface area contributed by atoms with E-state index >= 15 is 0 Å². The van der Waals surface area contributed by atoms with Gasteiger partial charge in [0.05, 0.1) is 5.41 Å². The highest BCUT2D eigenvalue weighted by atomic mass is 15.3. The molecule has 0 radical (unpaired) electrons. The maximum atomic E-state index is 4.03. The fourth-order valence-electron chi connectivity index (χ4n) is 7.68. The molecule has 0 aliphatic carbocycles. The van der Waals surface area contributed by atoms with Crippen LogP contribution in [0.4, 0.5) is 0 Å². The molecule has 0 aromatic heterocycles. The van der Waals surface area contributed by atoms with Crippen molar-refractivity contribution in [2.75, 3.05) is 14.1 Å². The highest BCUT2D eigenvalue weighted by Gasteiger charge is 2.39. The second-order valence-electron chi connectivity index (χ2n) is 13.3. The topological polar surface area (TPSA) is 15.3 Å². The van der Waals surface area contributed by atoms with Crippen molar-refractivity contribution in [3.63, 3.8) is 0 Å². The van der Waals surface area contributed by atoms with E-state index in [1.54, 1.807) is 0 Å². The van der Waals surface area contributed by atoms with E-state index in [-0.39, 0.29) is 6.04 Å². The monoisotopic (exact) mass is 648 g/mol. The first-order valence-electron chi connectivity index (χ1n) is 17.5. The zero-order valence-electron chi connectivity index (χ0n) is 29.1. The Bertz CT molecular complexity index is 1940. The zero-order valence-corrected chi connectivity index (χ0v) is 29.1. The van der Waals surface area contributed by atoms with Crippen LogP contribution in [0.3, 0.4) is 0 Å². The standard InChI is InChI=1S/C48H44N2/c1-37(49-48(50(2)3,45-25-15-7-16-26-45)46-27-17-8-18-28-46)38-29-31-39(32-30-38)40-33-35-44(36-34-40)47(41-19-9-4-10-20-41,42-21-11-5-12-22-42)43-23-13-6-14-24-43/h4-37,49H,1-3H3. The average Bonchev–Trinajstić information content (AvgIpc) is 3.19. The summed E-state index contributed by atoms with van der Waals surface area (Å²) < 4.78 is 0. The lowest BCUT2D eigenvalue weighted by Gasteiger charge is -2.44. The van der Waals surface area contributed by atoms with Crippen LogP contribution in [0.15, 0.2) is 200 Å². The van der Waals surface area contributed by atoms with Crippen LogP contribution in [0, 0.1) is 0 Å². The highest BCUT2D eigenvalue weighted by Crippen LogP contribution is 2.45. The molecule has 1 N–H and O–H groups in total. The molecule has 1 unspecified atom stereocenters. The van der Waals surface area contributed by atoms with E-state index < -0.39 is 11.1 Å². The molecule has 50 heavy (non-hydrogen) atoms. The third-order valence-corrected chi connectivity index (χ3v) is 10.2. The summed E-state index contributed by atoms with van der Waals surface area (Å²) in [5.74, 6) is 0. The molecule has 7 aromatic carbocycles. The number of rotatable bonds is 11. The van der Waals surface area contributed by atoms with Crippen molar-refractivity contribution >= 4 is 0 Å². The predicted octanol–water partition coefficient (Wildman–Crippen LogP) is 10.8.